The smallest absolute Gasteiger partial charge is 0.309 e. The first-order valence-corrected chi connectivity index (χ1v) is 8.16. The molecule has 3 N–H and O–H groups in total. The van der Waals surface area contributed by atoms with Crippen molar-refractivity contribution in [2.75, 3.05) is 19.6 Å². The molecule has 0 unspecified atom stereocenters. The maximum Gasteiger partial charge on any atom is 0.309 e. The average Bonchev–Trinajstić information content (AvgIpc) is 2.48. The zero-order valence-electron chi connectivity index (χ0n) is 13.0. The molecule has 20 heavy (non-hydrogen) atoms. The van der Waals surface area contributed by atoms with E-state index in [-0.39, 0.29) is 17.5 Å². The Balaban J connectivity index is 1.83. The van der Waals surface area contributed by atoms with Crippen LogP contribution >= 0.6 is 0 Å². The third kappa shape index (κ3) is 3.95. The minimum absolute atomic E-state index is 0.0176. The first-order chi connectivity index (χ1) is 9.53. The molecular formula is C16H30N2O2. The van der Waals surface area contributed by atoms with E-state index < -0.39 is 0 Å². The van der Waals surface area contributed by atoms with Crippen molar-refractivity contribution in [3.8, 4) is 0 Å². The van der Waals surface area contributed by atoms with E-state index in [2.05, 4.69) is 19.2 Å². The van der Waals surface area contributed by atoms with Crippen molar-refractivity contribution in [3.05, 3.63) is 0 Å². The van der Waals surface area contributed by atoms with Crippen molar-refractivity contribution in [3.63, 3.8) is 0 Å². The SMILES string of the molecule is CC(C)(OC(=O)C1CCC(CN)CC1)C1CCNCC1. The van der Waals surface area contributed by atoms with Gasteiger partial charge in [-0.15, -0.1) is 0 Å². The summed E-state index contributed by atoms with van der Waals surface area (Å²) in [4.78, 5) is 12.4. The lowest BCUT2D eigenvalue weighted by molar-refractivity contribution is -0.169. The van der Waals surface area contributed by atoms with Gasteiger partial charge in [0.15, 0.2) is 0 Å². The number of nitrogens with two attached hydrogens (primary N) is 1. The van der Waals surface area contributed by atoms with Crippen LogP contribution in [0.5, 0.6) is 0 Å². The van der Waals surface area contributed by atoms with Crippen LogP contribution in [0.1, 0.15) is 52.4 Å². The molecule has 0 radical (unpaired) electrons. The Bertz CT molecular complexity index is 316. The molecule has 4 nitrogen and oxygen atoms in total. The van der Waals surface area contributed by atoms with Crippen LogP contribution in [-0.4, -0.2) is 31.2 Å². The molecule has 0 bridgehead atoms. The van der Waals surface area contributed by atoms with Gasteiger partial charge in [-0.3, -0.25) is 4.79 Å². The number of carbonyl (C=O) groups excluding carboxylic acids is 1. The molecule has 1 heterocycles. The summed E-state index contributed by atoms with van der Waals surface area (Å²) in [7, 11) is 0. The van der Waals surface area contributed by atoms with Crippen molar-refractivity contribution in [2.45, 2.75) is 58.0 Å². The van der Waals surface area contributed by atoms with Crippen molar-refractivity contribution < 1.29 is 9.53 Å². The van der Waals surface area contributed by atoms with E-state index in [1.165, 1.54) is 0 Å². The molecule has 1 saturated heterocycles. The second kappa shape index (κ2) is 6.90. The number of esters is 1. The van der Waals surface area contributed by atoms with Gasteiger partial charge in [0, 0.05) is 5.92 Å². The van der Waals surface area contributed by atoms with Gasteiger partial charge in [-0.25, -0.2) is 0 Å². The number of nitrogens with one attached hydrogen (secondary N) is 1. The molecule has 1 aliphatic heterocycles. The largest absolute Gasteiger partial charge is 0.459 e. The summed E-state index contributed by atoms with van der Waals surface area (Å²) in [6.45, 7) is 6.97. The average molecular weight is 282 g/mol. The van der Waals surface area contributed by atoms with Crippen LogP contribution in [-0.2, 0) is 9.53 Å². The van der Waals surface area contributed by atoms with Crippen molar-refractivity contribution in [2.24, 2.45) is 23.5 Å². The van der Waals surface area contributed by atoms with Gasteiger partial charge in [-0.1, -0.05) is 0 Å². The summed E-state index contributed by atoms with van der Waals surface area (Å²) < 4.78 is 5.89. The Morgan fingerprint density at radius 3 is 2.30 bits per heavy atom. The molecule has 0 aromatic rings. The van der Waals surface area contributed by atoms with E-state index in [4.69, 9.17) is 10.5 Å². The number of carbonyl (C=O) groups is 1. The van der Waals surface area contributed by atoms with E-state index in [1.807, 2.05) is 0 Å². The fourth-order valence-corrected chi connectivity index (χ4v) is 3.58. The van der Waals surface area contributed by atoms with Gasteiger partial charge in [-0.2, -0.15) is 0 Å². The standard InChI is InChI=1S/C16H30N2O2/c1-16(2,14-7-9-18-10-8-14)20-15(19)13-5-3-12(11-17)4-6-13/h12-14,18H,3-11,17H2,1-2H3. The predicted molar refractivity (Wildman–Crippen MR) is 80.3 cm³/mol. The molecule has 2 rings (SSSR count). The molecule has 1 saturated carbocycles. The lowest BCUT2D eigenvalue weighted by Crippen LogP contribution is -2.44. The highest BCUT2D eigenvalue weighted by Crippen LogP contribution is 2.33. The van der Waals surface area contributed by atoms with Crippen molar-refractivity contribution >= 4 is 5.97 Å². The lowest BCUT2D eigenvalue weighted by Gasteiger charge is -2.38. The summed E-state index contributed by atoms with van der Waals surface area (Å²) in [6.07, 6.45) is 6.24. The molecule has 0 aromatic carbocycles. The summed E-state index contributed by atoms with van der Waals surface area (Å²) in [5.74, 6) is 1.20. The van der Waals surface area contributed by atoms with E-state index in [9.17, 15) is 4.79 Å². The van der Waals surface area contributed by atoms with Crippen LogP contribution in [0.3, 0.4) is 0 Å². The van der Waals surface area contributed by atoms with E-state index in [0.29, 0.717) is 11.8 Å². The van der Waals surface area contributed by atoms with Gasteiger partial charge in [-0.05, 0) is 77.9 Å². The van der Waals surface area contributed by atoms with Crippen LogP contribution in [0, 0.1) is 17.8 Å². The second-order valence-corrected chi connectivity index (χ2v) is 7.00. The Morgan fingerprint density at radius 2 is 1.75 bits per heavy atom. The lowest BCUT2D eigenvalue weighted by atomic mass is 9.81. The minimum atomic E-state index is -0.329. The quantitative estimate of drug-likeness (QED) is 0.775. The minimum Gasteiger partial charge on any atom is -0.459 e. The van der Waals surface area contributed by atoms with Crippen LogP contribution in [0.25, 0.3) is 0 Å². The highest BCUT2D eigenvalue weighted by atomic mass is 16.6. The third-order valence-corrected chi connectivity index (χ3v) is 5.20. The number of hydrogen-bond donors (Lipinski definition) is 2. The monoisotopic (exact) mass is 282 g/mol. The summed E-state index contributed by atoms with van der Waals surface area (Å²) in [6, 6.07) is 0. The van der Waals surface area contributed by atoms with Crippen LogP contribution < -0.4 is 11.1 Å². The third-order valence-electron chi connectivity index (χ3n) is 5.20. The molecule has 2 aliphatic rings. The zero-order valence-corrected chi connectivity index (χ0v) is 13.0. The zero-order chi connectivity index (χ0) is 14.6. The fourth-order valence-electron chi connectivity index (χ4n) is 3.58. The number of hydrogen-bond acceptors (Lipinski definition) is 4. The van der Waals surface area contributed by atoms with Crippen LogP contribution in [0.4, 0.5) is 0 Å². The fraction of sp³-hybridized carbons (Fsp3) is 0.938. The van der Waals surface area contributed by atoms with Crippen LogP contribution in [0.2, 0.25) is 0 Å². The normalized spacial score (nSPS) is 29.1. The molecule has 0 amide bonds. The van der Waals surface area contributed by atoms with E-state index >= 15 is 0 Å². The Hall–Kier alpha value is -0.610. The van der Waals surface area contributed by atoms with Gasteiger partial charge in [0.1, 0.15) is 5.60 Å². The molecule has 116 valence electrons. The first kappa shape index (κ1) is 15.8. The Labute approximate surface area is 122 Å². The summed E-state index contributed by atoms with van der Waals surface area (Å²) in [5, 5.41) is 3.36. The van der Waals surface area contributed by atoms with Gasteiger partial charge in [0.05, 0.1) is 5.92 Å². The molecule has 0 spiro atoms. The molecular weight excluding hydrogens is 252 g/mol. The molecule has 2 fully saturated rings. The summed E-state index contributed by atoms with van der Waals surface area (Å²) >= 11 is 0. The molecule has 0 aromatic heterocycles. The number of piperidine rings is 1. The Morgan fingerprint density at radius 1 is 1.15 bits per heavy atom. The maximum atomic E-state index is 12.4. The van der Waals surface area contributed by atoms with Crippen molar-refractivity contribution in [1.82, 2.24) is 5.32 Å². The summed E-state index contributed by atoms with van der Waals surface area (Å²) in [5.41, 5.74) is 5.37. The highest BCUT2D eigenvalue weighted by Gasteiger charge is 2.36. The van der Waals surface area contributed by atoms with Gasteiger partial charge in [0.2, 0.25) is 0 Å². The van der Waals surface area contributed by atoms with E-state index in [1.54, 1.807) is 0 Å². The predicted octanol–water partition coefficient (Wildman–Crippen LogP) is 2.07. The highest BCUT2D eigenvalue weighted by molar-refractivity contribution is 5.73. The molecule has 1 aliphatic carbocycles. The maximum absolute atomic E-state index is 12.4. The Kier molecular flexibility index (Phi) is 5.44. The van der Waals surface area contributed by atoms with Gasteiger partial charge in [0.25, 0.3) is 0 Å². The van der Waals surface area contributed by atoms with Gasteiger partial charge >= 0.3 is 5.97 Å². The van der Waals surface area contributed by atoms with E-state index in [0.717, 1.165) is 58.2 Å². The first-order valence-electron chi connectivity index (χ1n) is 8.16. The topological polar surface area (TPSA) is 64.3 Å². The van der Waals surface area contributed by atoms with Crippen molar-refractivity contribution in [1.29, 1.82) is 0 Å². The van der Waals surface area contributed by atoms with Crippen LogP contribution in [0.15, 0.2) is 0 Å². The molecule has 0 atom stereocenters. The molecule has 4 heteroatoms. The second-order valence-electron chi connectivity index (χ2n) is 7.00. The number of ether oxygens (including phenoxy) is 1. The number of rotatable bonds is 4. The van der Waals surface area contributed by atoms with Gasteiger partial charge < -0.3 is 15.8 Å².